The molecule has 2 rings (SSSR count). The van der Waals surface area contributed by atoms with Crippen molar-refractivity contribution in [2.45, 2.75) is 89.9 Å². The molecule has 0 spiro atoms. The molecule has 0 amide bonds. The number of hydrogen-bond acceptors (Lipinski definition) is 4. The fraction of sp³-hybridized carbons (Fsp3) is 0.615. The zero-order chi connectivity index (χ0) is 21.3. The van der Waals surface area contributed by atoms with Crippen molar-refractivity contribution >= 4 is 0 Å². The normalized spacial score (nSPS) is 11.1. The van der Waals surface area contributed by atoms with E-state index < -0.39 is 0 Å². The lowest BCUT2D eigenvalue weighted by molar-refractivity contribution is 0.282. The first kappa shape index (κ1) is 24.5. The summed E-state index contributed by atoms with van der Waals surface area (Å²) in [4.78, 5) is 9.33. The van der Waals surface area contributed by atoms with Crippen molar-refractivity contribution in [1.29, 1.82) is 0 Å². The molecule has 30 heavy (non-hydrogen) atoms. The van der Waals surface area contributed by atoms with E-state index >= 15 is 0 Å². The van der Waals surface area contributed by atoms with E-state index in [4.69, 9.17) is 10.2 Å². The SMILES string of the molecule is OCCCCCCCCc1cnc(-c2ccccc2CCCCCCCCO)nc1. The van der Waals surface area contributed by atoms with Crippen LogP contribution in [0.2, 0.25) is 0 Å². The largest absolute Gasteiger partial charge is 0.396 e. The number of aryl methyl sites for hydroxylation is 2. The van der Waals surface area contributed by atoms with Gasteiger partial charge in [0, 0.05) is 31.2 Å². The van der Waals surface area contributed by atoms with Crippen LogP contribution < -0.4 is 0 Å². The lowest BCUT2D eigenvalue weighted by atomic mass is 10.00. The molecule has 0 radical (unpaired) electrons. The predicted molar refractivity (Wildman–Crippen MR) is 124 cm³/mol. The van der Waals surface area contributed by atoms with E-state index in [0.29, 0.717) is 13.2 Å². The van der Waals surface area contributed by atoms with Crippen LogP contribution in [0.4, 0.5) is 0 Å². The highest BCUT2D eigenvalue weighted by atomic mass is 16.3. The lowest BCUT2D eigenvalue weighted by Gasteiger charge is -2.09. The Morgan fingerprint density at radius 1 is 0.567 bits per heavy atom. The maximum atomic E-state index is 8.84. The van der Waals surface area contributed by atoms with Crippen molar-refractivity contribution < 1.29 is 10.2 Å². The average Bonchev–Trinajstić information content (AvgIpc) is 2.79. The summed E-state index contributed by atoms with van der Waals surface area (Å²) in [5.74, 6) is 0.835. The summed E-state index contributed by atoms with van der Waals surface area (Å²) in [5, 5.41) is 17.7. The Hall–Kier alpha value is -1.78. The van der Waals surface area contributed by atoms with Crippen LogP contribution >= 0.6 is 0 Å². The van der Waals surface area contributed by atoms with E-state index in [9.17, 15) is 0 Å². The topological polar surface area (TPSA) is 66.2 Å². The van der Waals surface area contributed by atoms with Crippen LogP contribution in [0.5, 0.6) is 0 Å². The Balaban J connectivity index is 1.76. The second kappa shape index (κ2) is 16.0. The van der Waals surface area contributed by atoms with Gasteiger partial charge in [0.1, 0.15) is 0 Å². The van der Waals surface area contributed by atoms with Gasteiger partial charge in [0.15, 0.2) is 5.82 Å². The second-order valence-electron chi connectivity index (χ2n) is 8.26. The molecule has 4 heteroatoms. The van der Waals surface area contributed by atoms with Crippen LogP contribution in [0.3, 0.4) is 0 Å². The standard InChI is InChI=1S/C26H40N2O2/c29-19-13-7-3-1-5-9-15-23-21-27-26(28-22-23)25-18-12-11-17-24(25)16-10-6-2-4-8-14-20-30/h11-12,17-18,21-22,29-30H,1-10,13-16,19-20H2. The van der Waals surface area contributed by atoms with Crippen molar-refractivity contribution in [1.82, 2.24) is 9.97 Å². The van der Waals surface area contributed by atoms with Crippen molar-refractivity contribution in [2.24, 2.45) is 0 Å². The van der Waals surface area contributed by atoms with Gasteiger partial charge in [-0.05, 0) is 49.7 Å². The Bertz CT molecular complexity index is 673. The number of hydrogen-bond donors (Lipinski definition) is 2. The molecule has 0 bridgehead atoms. The molecule has 166 valence electrons. The molecule has 2 aromatic rings. The first-order valence-electron chi connectivity index (χ1n) is 12.0. The summed E-state index contributed by atoms with van der Waals surface area (Å²) in [6.07, 6.45) is 20.0. The van der Waals surface area contributed by atoms with Gasteiger partial charge in [-0.1, -0.05) is 75.6 Å². The summed E-state index contributed by atoms with van der Waals surface area (Å²) in [5.41, 5.74) is 3.71. The third-order valence-electron chi connectivity index (χ3n) is 5.69. The Morgan fingerprint density at radius 2 is 1.07 bits per heavy atom. The minimum atomic E-state index is 0.317. The molecule has 1 aromatic heterocycles. The van der Waals surface area contributed by atoms with Crippen LogP contribution in [0.1, 0.15) is 88.2 Å². The van der Waals surface area contributed by atoms with Gasteiger partial charge >= 0.3 is 0 Å². The summed E-state index contributed by atoms with van der Waals surface area (Å²) in [6.45, 7) is 0.635. The molecule has 2 N–H and O–H groups in total. The highest BCUT2D eigenvalue weighted by Gasteiger charge is 2.07. The maximum Gasteiger partial charge on any atom is 0.159 e. The summed E-state index contributed by atoms with van der Waals surface area (Å²) < 4.78 is 0. The van der Waals surface area contributed by atoms with Gasteiger partial charge in [0.25, 0.3) is 0 Å². The Morgan fingerprint density at radius 3 is 1.67 bits per heavy atom. The van der Waals surface area contributed by atoms with E-state index in [1.54, 1.807) is 0 Å². The summed E-state index contributed by atoms with van der Waals surface area (Å²) >= 11 is 0. The summed E-state index contributed by atoms with van der Waals surface area (Å²) in [6, 6.07) is 8.52. The van der Waals surface area contributed by atoms with Crippen molar-refractivity contribution in [2.75, 3.05) is 13.2 Å². The summed E-state index contributed by atoms with van der Waals surface area (Å²) in [7, 11) is 0. The van der Waals surface area contributed by atoms with Crippen LogP contribution in [0.25, 0.3) is 11.4 Å². The van der Waals surface area contributed by atoms with Crippen LogP contribution in [-0.2, 0) is 12.8 Å². The number of aromatic nitrogens is 2. The number of nitrogens with zero attached hydrogens (tertiary/aromatic N) is 2. The molecule has 0 saturated heterocycles. The molecule has 0 atom stereocenters. The Labute approximate surface area is 182 Å². The molecule has 1 heterocycles. The van der Waals surface area contributed by atoms with E-state index in [-0.39, 0.29) is 0 Å². The first-order valence-corrected chi connectivity index (χ1v) is 12.0. The molecule has 1 aromatic carbocycles. The minimum absolute atomic E-state index is 0.317. The van der Waals surface area contributed by atoms with Gasteiger partial charge in [-0.3, -0.25) is 0 Å². The van der Waals surface area contributed by atoms with Gasteiger partial charge in [0.05, 0.1) is 0 Å². The minimum Gasteiger partial charge on any atom is -0.396 e. The third kappa shape index (κ3) is 9.82. The molecule has 4 nitrogen and oxygen atoms in total. The molecule has 0 aliphatic heterocycles. The van der Waals surface area contributed by atoms with Crippen LogP contribution in [0.15, 0.2) is 36.7 Å². The highest BCUT2D eigenvalue weighted by molar-refractivity contribution is 5.59. The highest BCUT2D eigenvalue weighted by Crippen LogP contribution is 2.22. The molecule has 0 aliphatic rings. The fourth-order valence-corrected chi connectivity index (χ4v) is 3.86. The van der Waals surface area contributed by atoms with Gasteiger partial charge in [-0.2, -0.15) is 0 Å². The van der Waals surface area contributed by atoms with Crippen molar-refractivity contribution in [3.63, 3.8) is 0 Å². The third-order valence-corrected chi connectivity index (χ3v) is 5.69. The molecular formula is C26H40N2O2. The molecule has 0 aliphatic carbocycles. The predicted octanol–water partition coefficient (Wildman–Crippen LogP) is 5.89. The fourth-order valence-electron chi connectivity index (χ4n) is 3.86. The van der Waals surface area contributed by atoms with E-state index in [0.717, 1.165) is 49.9 Å². The molecular weight excluding hydrogens is 372 g/mol. The van der Waals surface area contributed by atoms with Crippen molar-refractivity contribution in [3.8, 4) is 11.4 Å². The number of benzene rings is 1. The first-order chi connectivity index (χ1) is 14.8. The molecule has 0 fully saturated rings. The number of unbranched alkanes of at least 4 members (excludes halogenated alkanes) is 10. The van der Waals surface area contributed by atoms with E-state index in [2.05, 4.69) is 34.2 Å². The zero-order valence-corrected chi connectivity index (χ0v) is 18.6. The van der Waals surface area contributed by atoms with E-state index in [1.807, 2.05) is 12.4 Å². The zero-order valence-electron chi connectivity index (χ0n) is 18.6. The average molecular weight is 413 g/mol. The smallest absolute Gasteiger partial charge is 0.159 e. The maximum absolute atomic E-state index is 8.84. The quantitative estimate of drug-likeness (QED) is 0.318. The van der Waals surface area contributed by atoms with Gasteiger partial charge in [-0.25, -0.2) is 9.97 Å². The number of aliphatic hydroxyl groups is 2. The van der Waals surface area contributed by atoms with Gasteiger partial charge in [0.2, 0.25) is 0 Å². The number of rotatable bonds is 17. The molecule has 0 unspecified atom stereocenters. The van der Waals surface area contributed by atoms with Crippen LogP contribution in [0, 0.1) is 0 Å². The van der Waals surface area contributed by atoms with Crippen LogP contribution in [-0.4, -0.2) is 33.4 Å². The molecule has 0 saturated carbocycles. The van der Waals surface area contributed by atoms with Gasteiger partial charge < -0.3 is 10.2 Å². The second-order valence-corrected chi connectivity index (χ2v) is 8.26. The monoisotopic (exact) mass is 412 g/mol. The number of aliphatic hydroxyl groups excluding tert-OH is 2. The Kier molecular flexibility index (Phi) is 13.0. The van der Waals surface area contributed by atoms with Crippen molar-refractivity contribution in [3.05, 3.63) is 47.8 Å². The van der Waals surface area contributed by atoms with E-state index in [1.165, 1.54) is 62.5 Å². The van der Waals surface area contributed by atoms with Gasteiger partial charge in [-0.15, -0.1) is 0 Å². The lowest BCUT2D eigenvalue weighted by Crippen LogP contribution is -1.97.